The Morgan fingerprint density at radius 1 is 0.794 bits per heavy atom. The lowest BCUT2D eigenvalue weighted by Crippen LogP contribution is -2.21. The van der Waals surface area contributed by atoms with Crippen LogP contribution >= 0.6 is 0 Å². The van der Waals surface area contributed by atoms with Crippen LogP contribution in [0.2, 0.25) is 0 Å². The third-order valence-corrected chi connectivity index (χ3v) is 4.92. The highest BCUT2D eigenvalue weighted by Gasteiger charge is 2.31. The summed E-state index contributed by atoms with van der Waals surface area (Å²) in [5.41, 5.74) is -2.01. The number of hydrogen-bond acceptors (Lipinski definition) is 9. The summed E-state index contributed by atoms with van der Waals surface area (Å²) >= 11 is 0. The van der Waals surface area contributed by atoms with E-state index in [0.29, 0.717) is 0 Å². The van der Waals surface area contributed by atoms with Crippen molar-refractivity contribution in [3.63, 3.8) is 0 Å². The standard InChI is InChI=1S/C22H15N3O9/c1-13-18(11-17(24(30)31)12-19(13)25(32)33)22(27)34-21(20(26)14-5-3-2-4-6-14)15-7-9-16(10-8-15)23(28)29/h2-12,21H,1H3/t21-/m0/s1. The average molecular weight is 465 g/mol. The Morgan fingerprint density at radius 2 is 1.38 bits per heavy atom. The van der Waals surface area contributed by atoms with Gasteiger partial charge in [0.1, 0.15) is 0 Å². The van der Waals surface area contributed by atoms with Gasteiger partial charge >= 0.3 is 5.97 Å². The van der Waals surface area contributed by atoms with Crippen molar-refractivity contribution in [2.24, 2.45) is 0 Å². The molecule has 0 saturated heterocycles. The number of hydrogen-bond donors (Lipinski definition) is 0. The molecule has 0 fully saturated rings. The summed E-state index contributed by atoms with van der Waals surface area (Å²) in [7, 11) is 0. The fraction of sp³-hybridized carbons (Fsp3) is 0.0909. The third kappa shape index (κ3) is 4.91. The smallest absolute Gasteiger partial charge is 0.339 e. The molecule has 0 N–H and O–H groups in total. The molecule has 0 aliphatic carbocycles. The van der Waals surface area contributed by atoms with E-state index < -0.39 is 49.6 Å². The molecule has 12 nitrogen and oxygen atoms in total. The Bertz CT molecular complexity index is 1310. The van der Waals surface area contributed by atoms with E-state index in [-0.39, 0.29) is 22.4 Å². The van der Waals surface area contributed by atoms with E-state index in [1.807, 2.05) is 0 Å². The first-order valence-electron chi connectivity index (χ1n) is 9.58. The summed E-state index contributed by atoms with van der Waals surface area (Å²) in [6.07, 6.45) is -1.58. The van der Waals surface area contributed by atoms with Crippen LogP contribution in [-0.2, 0) is 4.74 Å². The molecule has 0 heterocycles. The first-order valence-corrected chi connectivity index (χ1v) is 9.58. The van der Waals surface area contributed by atoms with Crippen molar-refractivity contribution in [3.05, 3.63) is 119 Å². The lowest BCUT2D eigenvalue weighted by Gasteiger charge is -2.18. The van der Waals surface area contributed by atoms with E-state index >= 15 is 0 Å². The number of esters is 1. The quantitative estimate of drug-likeness (QED) is 0.201. The SMILES string of the molecule is Cc1c(C(=O)O[C@H](C(=O)c2ccccc2)c2ccc([N+](=O)[O-])cc2)cc([N+](=O)[O-])cc1[N+](=O)[O-]. The monoisotopic (exact) mass is 465 g/mol. The van der Waals surface area contributed by atoms with Crippen LogP contribution in [0, 0.1) is 37.3 Å². The van der Waals surface area contributed by atoms with Gasteiger partial charge in [0.05, 0.1) is 26.4 Å². The number of carbonyl (C=O) groups excluding carboxylic acids is 2. The molecule has 12 heteroatoms. The second-order valence-electron chi connectivity index (χ2n) is 7.02. The Kier molecular flexibility index (Phi) is 6.71. The molecule has 1 atom stereocenters. The Hall–Kier alpha value is -5.00. The molecule has 0 amide bonds. The minimum atomic E-state index is -1.58. The summed E-state index contributed by atoms with van der Waals surface area (Å²) in [5, 5.41) is 33.5. The van der Waals surface area contributed by atoms with Crippen LogP contribution < -0.4 is 0 Å². The number of rotatable bonds is 8. The first-order chi connectivity index (χ1) is 16.1. The molecule has 0 aromatic heterocycles. The largest absolute Gasteiger partial charge is 0.445 e. The topological polar surface area (TPSA) is 173 Å². The lowest BCUT2D eigenvalue weighted by atomic mass is 9.99. The maximum atomic E-state index is 13.1. The summed E-state index contributed by atoms with van der Waals surface area (Å²) in [4.78, 5) is 57.2. The van der Waals surface area contributed by atoms with Crippen LogP contribution in [-0.4, -0.2) is 26.5 Å². The number of carbonyl (C=O) groups is 2. The molecule has 3 rings (SSSR count). The molecule has 0 spiro atoms. The van der Waals surface area contributed by atoms with Gasteiger partial charge in [-0.3, -0.25) is 35.1 Å². The third-order valence-electron chi connectivity index (χ3n) is 4.92. The normalized spacial score (nSPS) is 11.3. The van der Waals surface area contributed by atoms with E-state index in [1.54, 1.807) is 18.2 Å². The van der Waals surface area contributed by atoms with Crippen LogP contribution in [0.3, 0.4) is 0 Å². The van der Waals surface area contributed by atoms with Gasteiger partial charge in [-0.05, 0) is 19.1 Å². The maximum Gasteiger partial charge on any atom is 0.339 e. The number of non-ortho nitro benzene ring substituents is 2. The summed E-state index contributed by atoms with van der Waals surface area (Å²) in [6.45, 7) is 1.22. The number of ether oxygens (including phenoxy) is 1. The van der Waals surface area contributed by atoms with Gasteiger partial charge in [0.25, 0.3) is 17.1 Å². The van der Waals surface area contributed by atoms with Gasteiger partial charge in [-0.2, -0.15) is 0 Å². The molecule has 0 saturated carbocycles. The van der Waals surface area contributed by atoms with Crippen LogP contribution in [0.25, 0.3) is 0 Å². The summed E-state index contributed by atoms with van der Waals surface area (Å²) < 4.78 is 5.39. The van der Waals surface area contributed by atoms with Crippen LogP contribution in [0.5, 0.6) is 0 Å². The molecule has 0 aliphatic rings. The van der Waals surface area contributed by atoms with Crippen molar-refractivity contribution in [3.8, 4) is 0 Å². The van der Waals surface area contributed by atoms with Crippen LogP contribution in [0.15, 0.2) is 66.7 Å². The minimum Gasteiger partial charge on any atom is -0.445 e. The number of ketones is 1. The highest BCUT2D eigenvalue weighted by atomic mass is 16.6. The van der Waals surface area contributed by atoms with Crippen molar-refractivity contribution < 1.29 is 29.1 Å². The zero-order valence-corrected chi connectivity index (χ0v) is 17.4. The fourth-order valence-electron chi connectivity index (χ4n) is 3.16. The molecule has 0 aliphatic heterocycles. The van der Waals surface area contributed by atoms with Crippen LogP contribution in [0.4, 0.5) is 17.1 Å². The van der Waals surface area contributed by atoms with E-state index in [1.165, 1.54) is 31.2 Å². The molecular weight excluding hydrogens is 450 g/mol. The van der Waals surface area contributed by atoms with Crippen molar-refractivity contribution in [1.29, 1.82) is 0 Å². The predicted octanol–water partition coefficient (Wildman–Crippen LogP) is 4.50. The average Bonchev–Trinajstić information content (AvgIpc) is 2.82. The zero-order chi connectivity index (χ0) is 25.0. The van der Waals surface area contributed by atoms with Gasteiger partial charge in [-0.25, -0.2) is 4.79 Å². The Balaban J connectivity index is 2.07. The summed E-state index contributed by atoms with van der Waals surface area (Å²) in [5.74, 6) is -1.88. The summed E-state index contributed by atoms with van der Waals surface area (Å²) in [6, 6.07) is 14.0. The number of benzene rings is 3. The van der Waals surface area contributed by atoms with E-state index in [2.05, 4.69) is 0 Å². The van der Waals surface area contributed by atoms with E-state index in [4.69, 9.17) is 4.74 Å². The Labute approximate surface area is 190 Å². The molecular formula is C22H15N3O9. The zero-order valence-electron chi connectivity index (χ0n) is 17.4. The highest BCUT2D eigenvalue weighted by Crippen LogP contribution is 2.31. The van der Waals surface area contributed by atoms with Crippen molar-refractivity contribution >= 4 is 28.8 Å². The van der Waals surface area contributed by atoms with Crippen molar-refractivity contribution in [2.75, 3.05) is 0 Å². The molecule has 3 aromatic rings. The molecule has 3 aromatic carbocycles. The van der Waals surface area contributed by atoms with E-state index in [0.717, 1.165) is 24.3 Å². The van der Waals surface area contributed by atoms with Gasteiger partial charge < -0.3 is 4.74 Å². The lowest BCUT2D eigenvalue weighted by molar-refractivity contribution is -0.394. The fourth-order valence-corrected chi connectivity index (χ4v) is 3.16. The molecule has 0 radical (unpaired) electrons. The van der Waals surface area contributed by atoms with Gasteiger partial charge in [0, 0.05) is 34.9 Å². The first kappa shape index (κ1) is 23.7. The minimum absolute atomic E-state index is 0.102. The predicted molar refractivity (Wildman–Crippen MR) is 117 cm³/mol. The van der Waals surface area contributed by atoms with Crippen molar-refractivity contribution in [1.82, 2.24) is 0 Å². The van der Waals surface area contributed by atoms with Crippen molar-refractivity contribution in [2.45, 2.75) is 13.0 Å². The molecule has 0 unspecified atom stereocenters. The molecule has 0 bridgehead atoms. The number of Topliss-reactive ketones (excluding diaryl/α,β-unsaturated/α-hetero) is 1. The maximum absolute atomic E-state index is 13.1. The molecule has 34 heavy (non-hydrogen) atoms. The Morgan fingerprint density at radius 3 is 1.91 bits per heavy atom. The second-order valence-corrected chi connectivity index (χ2v) is 7.02. The van der Waals surface area contributed by atoms with Gasteiger partial charge in [-0.1, -0.05) is 30.3 Å². The van der Waals surface area contributed by atoms with Gasteiger partial charge in [-0.15, -0.1) is 0 Å². The van der Waals surface area contributed by atoms with Gasteiger partial charge in [0.15, 0.2) is 6.10 Å². The number of nitrogens with zero attached hydrogens (tertiary/aromatic N) is 3. The van der Waals surface area contributed by atoms with E-state index in [9.17, 15) is 39.9 Å². The van der Waals surface area contributed by atoms with Gasteiger partial charge in [0.2, 0.25) is 5.78 Å². The second kappa shape index (κ2) is 9.65. The molecule has 172 valence electrons. The highest BCUT2D eigenvalue weighted by molar-refractivity contribution is 6.02. The van der Waals surface area contributed by atoms with Crippen LogP contribution in [0.1, 0.15) is 37.9 Å². The number of nitro groups is 3. The number of nitro benzene ring substituents is 3.